The maximum Gasteiger partial charge on any atom is 0.0455 e. The molecule has 0 saturated carbocycles. The van der Waals surface area contributed by atoms with Crippen LogP contribution in [0.15, 0.2) is 48.5 Å². The van der Waals surface area contributed by atoms with E-state index in [-0.39, 0.29) is 0 Å². The van der Waals surface area contributed by atoms with Crippen molar-refractivity contribution in [2.75, 3.05) is 11.9 Å². The monoisotopic (exact) mass is 223 g/mol. The molecule has 1 heterocycles. The number of anilines is 1. The summed E-state index contributed by atoms with van der Waals surface area (Å²) in [6, 6.07) is 17.2. The molecule has 0 spiro atoms. The molecule has 1 N–H and O–H groups in total. The van der Waals surface area contributed by atoms with Crippen molar-refractivity contribution in [2.24, 2.45) is 0 Å². The molecule has 1 aliphatic rings. The van der Waals surface area contributed by atoms with Gasteiger partial charge in [0.2, 0.25) is 0 Å². The Balaban J connectivity index is 2.16. The van der Waals surface area contributed by atoms with Gasteiger partial charge in [0.25, 0.3) is 0 Å². The lowest BCUT2D eigenvalue weighted by molar-refractivity contribution is 0.684. The summed E-state index contributed by atoms with van der Waals surface area (Å²) in [7, 11) is 0. The number of benzene rings is 2. The number of hydrogen-bond acceptors (Lipinski definition) is 1. The van der Waals surface area contributed by atoms with Gasteiger partial charge in [-0.3, -0.25) is 0 Å². The lowest BCUT2D eigenvalue weighted by Crippen LogP contribution is -2.15. The fourth-order valence-electron chi connectivity index (χ4n) is 2.61. The van der Waals surface area contributed by atoms with E-state index in [4.69, 9.17) is 0 Å². The molecule has 2 aromatic rings. The standard InChI is InChI=1S/C16H17N/c1-12-10-11-17-16-14(12)8-5-9-15(16)13-6-3-2-4-7-13/h2-9,12,17H,10-11H2,1H3. The average Bonchev–Trinajstić information content (AvgIpc) is 2.40. The van der Waals surface area contributed by atoms with Crippen molar-refractivity contribution >= 4 is 5.69 Å². The highest BCUT2D eigenvalue weighted by molar-refractivity contribution is 5.81. The Hall–Kier alpha value is -1.76. The van der Waals surface area contributed by atoms with E-state index in [1.807, 2.05) is 0 Å². The van der Waals surface area contributed by atoms with Crippen LogP contribution in [0.1, 0.15) is 24.8 Å². The second kappa shape index (κ2) is 4.25. The largest absolute Gasteiger partial charge is 0.384 e. The van der Waals surface area contributed by atoms with Gasteiger partial charge in [-0.1, -0.05) is 55.5 Å². The molecule has 1 unspecified atom stereocenters. The molecule has 0 aliphatic carbocycles. The van der Waals surface area contributed by atoms with Crippen LogP contribution in [0.25, 0.3) is 11.1 Å². The number of para-hydroxylation sites is 1. The van der Waals surface area contributed by atoms with Gasteiger partial charge in [0.05, 0.1) is 0 Å². The third-order valence-corrected chi connectivity index (χ3v) is 3.59. The first-order valence-electron chi connectivity index (χ1n) is 6.28. The van der Waals surface area contributed by atoms with Crippen molar-refractivity contribution in [1.29, 1.82) is 0 Å². The van der Waals surface area contributed by atoms with Crippen LogP contribution < -0.4 is 5.32 Å². The summed E-state index contributed by atoms with van der Waals surface area (Å²) in [6.07, 6.45) is 1.23. The first kappa shape index (κ1) is 10.4. The summed E-state index contributed by atoms with van der Waals surface area (Å²) in [5.74, 6) is 0.662. The molecule has 0 bridgehead atoms. The smallest absolute Gasteiger partial charge is 0.0455 e. The highest BCUT2D eigenvalue weighted by atomic mass is 14.9. The van der Waals surface area contributed by atoms with E-state index in [0.29, 0.717) is 5.92 Å². The fraction of sp³-hybridized carbons (Fsp3) is 0.250. The molecule has 0 aromatic heterocycles. The third-order valence-electron chi connectivity index (χ3n) is 3.59. The Labute approximate surface area is 102 Å². The zero-order chi connectivity index (χ0) is 11.7. The second-order valence-electron chi connectivity index (χ2n) is 4.75. The SMILES string of the molecule is CC1CCNc2c(-c3ccccc3)cccc21. The lowest BCUT2D eigenvalue weighted by Gasteiger charge is -2.26. The molecule has 0 amide bonds. The van der Waals surface area contributed by atoms with Crippen LogP contribution in [0, 0.1) is 0 Å². The number of nitrogens with one attached hydrogen (secondary N) is 1. The lowest BCUT2D eigenvalue weighted by atomic mass is 9.89. The summed E-state index contributed by atoms with van der Waals surface area (Å²) in [6.45, 7) is 3.40. The minimum Gasteiger partial charge on any atom is -0.384 e. The summed E-state index contributed by atoms with van der Waals surface area (Å²) >= 11 is 0. The van der Waals surface area contributed by atoms with E-state index < -0.39 is 0 Å². The summed E-state index contributed by atoms with van der Waals surface area (Å²) < 4.78 is 0. The van der Waals surface area contributed by atoms with Gasteiger partial charge in [0.15, 0.2) is 0 Å². The molecule has 17 heavy (non-hydrogen) atoms. The zero-order valence-corrected chi connectivity index (χ0v) is 10.1. The maximum absolute atomic E-state index is 3.56. The molecule has 2 aromatic carbocycles. The van der Waals surface area contributed by atoms with Gasteiger partial charge in [-0.05, 0) is 23.5 Å². The summed E-state index contributed by atoms with van der Waals surface area (Å²) in [5.41, 5.74) is 5.41. The predicted molar refractivity (Wildman–Crippen MR) is 73.4 cm³/mol. The number of rotatable bonds is 1. The maximum atomic E-state index is 3.56. The van der Waals surface area contributed by atoms with Crippen LogP contribution in [0.5, 0.6) is 0 Å². The molecular weight excluding hydrogens is 206 g/mol. The molecule has 1 aliphatic heterocycles. The normalized spacial score (nSPS) is 18.3. The van der Waals surface area contributed by atoms with E-state index in [2.05, 4.69) is 60.8 Å². The Morgan fingerprint density at radius 2 is 1.82 bits per heavy atom. The van der Waals surface area contributed by atoms with Crippen molar-refractivity contribution < 1.29 is 0 Å². The van der Waals surface area contributed by atoms with Crippen LogP contribution in [0.4, 0.5) is 5.69 Å². The zero-order valence-electron chi connectivity index (χ0n) is 10.1. The summed E-state index contributed by atoms with van der Waals surface area (Å²) in [4.78, 5) is 0. The van der Waals surface area contributed by atoms with Gasteiger partial charge in [-0.25, -0.2) is 0 Å². The van der Waals surface area contributed by atoms with Crippen molar-refractivity contribution in [1.82, 2.24) is 0 Å². The van der Waals surface area contributed by atoms with E-state index in [0.717, 1.165) is 6.54 Å². The van der Waals surface area contributed by atoms with Crippen LogP contribution in [0.2, 0.25) is 0 Å². The minimum absolute atomic E-state index is 0.662. The second-order valence-corrected chi connectivity index (χ2v) is 4.75. The third kappa shape index (κ3) is 1.82. The first-order valence-corrected chi connectivity index (χ1v) is 6.28. The van der Waals surface area contributed by atoms with Gasteiger partial charge >= 0.3 is 0 Å². The van der Waals surface area contributed by atoms with Crippen LogP contribution in [-0.2, 0) is 0 Å². The fourth-order valence-corrected chi connectivity index (χ4v) is 2.61. The van der Waals surface area contributed by atoms with Crippen molar-refractivity contribution in [3.8, 4) is 11.1 Å². The molecule has 0 saturated heterocycles. The van der Waals surface area contributed by atoms with Crippen LogP contribution in [0.3, 0.4) is 0 Å². The van der Waals surface area contributed by atoms with Crippen LogP contribution in [-0.4, -0.2) is 6.54 Å². The van der Waals surface area contributed by atoms with Gasteiger partial charge in [0, 0.05) is 17.8 Å². The molecule has 1 heteroatoms. The first-order chi connectivity index (χ1) is 8.36. The van der Waals surface area contributed by atoms with Gasteiger partial charge in [-0.2, -0.15) is 0 Å². The van der Waals surface area contributed by atoms with Crippen molar-refractivity contribution in [3.63, 3.8) is 0 Å². The number of hydrogen-bond donors (Lipinski definition) is 1. The molecule has 0 fully saturated rings. The van der Waals surface area contributed by atoms with Gasteiger partial charge < -0.3 is 5.32 Å². The molecule has 1 nitrogen and oxygen atoms in total. The molecule has 1 atom stereocenters. The van der Waals surface area contributed by atoms with E-state index in [9.17, 15) is 0 Å². The van der Waals surface area contributed by atoms with Gasteiger partial charge in [0.1, 0.15) is 0 Å². The minimum atomic E-state index is 0.662. The van der Waals surface area contributed by atoms with Crippen molar-refractivity contribution in [3.05, 3.63) is 54.1 Å². The van der Waals surface area contributed by atoms with E-state index in [1.54, 1.807) is 0 Å². The average molecular weight is 223 g/mol. The Bertz CT molecular complexity index is 516. The highest BCUT2D eigenvalue weighted by Crippen LogP contribution is 2.38. The Morgan fingerprint density at radius 3 is 2.65 bits per heavy atom. The quantitative estimate of drug-likeness (QED) is 0.761. The Morgan fingerprint density at radius 1 is 1.00 bits per heavy atom. The van der Waals surface area contributed by atoms with Crippen LogP contribution >= 0.6 is 0 Å². The topological polar surface area (TPSA) is 12.0 Å². The van der Waals surface area contributed by atoms with Gasteiger partial charge in [-0.15, -0.1) is 0 Å². The molecule has 86 valence electrons. The number of fused-ring (bicyclic) bond motifs is 1. The van der Waals surface area contributed by atoms with E-state index >= 15 is 0 Å². The van der Waals surface area contributed by atoms with E-state index in [1.165, 1.54) is 28.8 Å². The Kier molecular flexibility index (Phi) is 2.60. The molecule has 0 radical (unpaired) electrons. The van der Waals surface area contributed by atoms with Crippen molar-refractivity contribution in [2.45, 2.75) is 19.3 Å². The predicted octanol–water partition coefficient (Wildman–Crippen LogP) is 4.27. The highest BCUT2D eigenvalue weighted by Gasteiger charge is 2.18. The molecular formula is C16H17N. The summed E-state index contributed by atoms with van der Waals surface area (Å²) in [5, 5.41) is 3.56. The molecule has 3 rings (SSSR count).